The highest BCUT2D eigenvalue weighted by molar-refractivity contribution is 7.86. The first-order valence-corrected chi connectivity index (χ1v) is 8.14. The van der Waals surface area contributed by atoms with Crippen molar-refractivity contribution in [3.8, 4) is 0 Å². The predicted molar refractivity (Wildman–Crippen MR) is 70.5 cm³/mol. The number of carbonyl (C=O) groups is 1. The number of hydrogen-bond donors (Lipinski definition) is 3. The molecule has 0 amide bonds. The Morgan fingerprint density at radius 1 is 0.857 bits per heavy atom. The highest BCUT2D eigenvalue weighted by Gasteiger charge is 2.21. The highest BCUT2D eigenvalue weighted by Crippen LogP contribution is 2.26. The first kappa shape index (κ1) is 15.4. The van der Waals surface area contributed by atoms with Crippen LogP contribution in [0.2, 0.25) is 0 Å². The molecule has 0 fully saturated rings. The Morgan fingerprint density at radius 2 is 1.48 bits per heavy atom. The van der Waals surface area contributed by atoms with Crippen molar-refractivity contribution in [3.63, 3.8) is 0 Å². The second kappa shape index (κ2) is 4.77. The molecule has 0 bridgehead atoms. The van der Waals surface area contributed by atoms with Gasteiger partial charge in [-0.25, -0.2) is 4.79 Å². The van der Waals surface area contributed by atoms with Gasteiger partial charge in [-0.1, -0.05) is 6.07 Å². The monoisotopic (exact) mass is 332 g/mol. The minimum absolute atomic E-state index is 0.0786. The quantitative estimate of drug-likeness (QED) is 0.706. The summed E-state index contributed by atoms with van der Waals surface area (Å²) in [4.78, 5) is 9.78. The van der Waals surface area contributed by atoms with Gasteiger partial charge in [0.05, 0.1) is 10.5 Å². The van der Waals surface area contributed by atoms with E-state index < -0.39 is 41.6 Å². The van der Waals surface area contributed by atoms with Crippen LogP contribution in [0.25, 0.3) is 10.8 Å². The van der Waals surface area contributed by atoms with Gasteiger partial charge in [0, 0.05) is 0 Å². The Bertz CT molecular complexity index is 957. The molecule has 2 aromatic rings. The third-order valence-corrected chi connectivity index (χ3v) is 4.46. The molecule has 10 heteroatoms. The summed E-state index contributed by atoms with van der Waals surface area (Å²) in [7, 11) is -9.24. The van der Waals surface area contributed by atoms with Gasteiger partial charge in [0.1, 0.15) is 4.90 Å². The van der Waals surface area contributed by atoms with Gasteiger partial charge < -0.3 is 5.11 Å². The lowest BCUT2D eigenvalue weighted by atomic mass is 10.1. The molecule has 0 saturated heterocycles. The zero-order chi connectivity index (χ0) is 16.0. The first-order chi connectivity index (χ1) is 9.50. The second-order valence-corrected chi connectivity index (χ2v) is 6.92. The highest BCUT2D eigenvalue weighted by atomic mass is 32.2. The number of aromatic carboxylic acids is 1. The lowest BCUT2D eigenvalue weighted by molar-refractivity contribution is 0.0692. The zero-order valence-corrected chi connectivity index (χ0v) is 11.7. The normalized spacial score (nSPS) is 12.5. The molecular weight excluding hydrogens is 324 g/mol. The van der Waals surface area contributed by atoms with Crippen molar-refractivity contribution in [1.82, 2.24) is 0 Å². The van der Waals surface area contributed by atoms with Crippen LogP contribution in [0, 0.1) is 0 Å². The molecular formula is C11H8O8S2. The molecule has 2 rings (SSSR count). The molecule has 0 saturated carbocycles. The molecule has 2 aromatic carbocycles. The summed E-state index contributed by atoms with van der Waals surface area (Å²) >= 11 is 0. The third-order valence-electron chi connectivity index (χ3n) is 2.72. The Balaban J connectivity index is 2.88. The molecule has 8 nitrogen and oxygen atoms in total. The van der Waals surface area contributed by atoms with E-state index in [1.807, 2.05) is 0 Å². The number of carboxylic acid groups (broad SMARTS) is 1. The molecule has 0 atom stereocenters. The summed E-state index contributed by atoms with van der Waals surface area (Å²) in [5.41, 5.74) is -0.711. The second-order valence-electron chi connectivity index (χ2n) is 4.11. The fourth-order valence-corrected chi connectivity index (χ4v) is 3.01. The van der Waals surface area contributed by atoms with Crippen LogP contribution in [-0.2, 0) is 20.2 Å². The maximum atomic E-state index is 11.2. The van der Waals surface area contributed by atoms with Crippen molar-refractivity contribution >= 4 is 37.0 Å². The standard InChI is InChI=1S/C11H8O8S2/c12-11(13)9-4-7-3-8(20(14,15)16)2-1-6(7)5-10(9)21(17,18)19/h1-5H,(H,12,13)(H,14,15,16)(H,17,18,19). The van der Waals surface area contributed by atoms with E-state index in [2.05, 4.69) is 0 Å². The van der Waals surface area contributed by atoms with Crippen LogP contribution in [-0.4, -0.2) is 37.0 Å². The molecule has 112 valence electrons. The minimum atomic E-state index is -4.76. The SMILES string of the molecule is O=C(O)c1cc2cc(S(=O)(=O)O)ccc2cc1S(=O)(=O)O. The summed E-state index contributed by atoms with van der Waals surface area (Å²) < 4.78 is 62.4. The molecule has 0 unspecified atom stereocenters. The van der Waals surface area contributed by atoms with Gasteiger partial charge in [-0.2, -0.15) is 16.8 Å². The van der Waals surface area contributed by atoms with Crippen molar-refractivity contribution in [1.29, 1.82) is 0 Å². The van der Waals surface area contributed by atoms with E-state index in [1.165, 1.54) is 6.07 Å². The van der Waals surface area contributed by atoms with Crippen molar-refractivity contribution in [2.45, 2.75) is 9.79 Å². The van der Waals surface area contributed by atoms with Gasteiger partial charge >= 0.3 is 5.97 Å². The van der Waals surface area contributed by atoms with Crippen molar-refractivity contribution in [2.75, 3.05) is 0 Å². The third kappa shape index (κ3) is 3.03. The fraction of sp³-hybridized carbons (Fsp3) is 0. The summed E-state index contributed by atoms with van der Waals surface area (Å²) in [5.74, 6) is -1.61. The lowest BCUT2D eigenvalue weighted by Crippen LogP contribution is -2.08. The Hall–Kier alpha value is -2.01. The Morgan fingerprint density at radius 3 is 1.95 bits per heavy atom. The number of fused-ring (bicyclic) bond motifs is 1. The van der Waals surface area contributed by atoms with Crippen LogP contribution >= 0.6 is 0 Å². The van der Waals surface area contributed by atoms with E-state index in [-0.39, 0.29) is 10.8 Å². The van der Waals surface area contributed by atoms with Crippen LogP contribution in [0.3, 0.4) is 0 Å². The van der Waals surface area contributed by atoms with Crippen molar-refractivity contribution in [3.05, 3.63) is 35.9 Å². The number of hydrogen-bond acceptors (Lipinski definition) is 5. The van der Waals surface area contributed by atoms with Gasteiger partial charge in [-0.15, -0.1) is 0 Å². The van der Waals surface area contributed by atoms with E-state index in [4.69, 9.17) is 14.2 Å². The Labute approximate surface area is 119 Å². The van der Waals surface area contributed by atoms with E-state index in [1.54, 1.807) is 0 Å². The van der Waals surface area contributed by atoms with E-state index in [9.17, 15) is 21.6 Å². The predicted octanol–water partition coefficient (Wildman–Crippen LogP) is 1.03. The van der Waals surface area contributed by atoms with Crippen molar-refractivity contribution < 1.29 is 35.8 Å². The fourth-order valence-electron chi connectivity index (χ4n) is 1.80. The van der Waals surface area contributed by atoms with Gasteiger partial charge in [0.25, 0.3) is 20.2 Å². The average Bonchev–Trinajstić information content (AvgIpc) is 2.34. The van der Waals surface area contributed by atoms with Crippen LogP contribution in [0.4, 0.5) is 0 Å². The summed E-state index contributed by atoms with van der Waals surface area (Å²) in [6.07, 6.45) is 0. The van der Waals surface area contributed by atoms with Gasteiger partial charge in [0.2, 0.25) is 0 Å². The maximum Gasteiger partial charge on any atom is 0.337 e. The smallest absolute Gasteiger partial charge is 0.337 e. The summed E-state index contributed by atoms with van der Waals surface area (Å²) in [6.45, 7) is 0. The van der Waals surface area contributed by atoms with Gasteiger partial charge in [-0.3, -0.25) is 9.11 Å². The van der Waals surface area contributed by atoms with Crippen LogP contribution in [0.1, 0.15) is 10.4 Å². The van der Waals surface area contributed by atoms with E-state index >= 15 is 0 Å². The molecule has 21 heavy (non-hydrogen) atoms. The van der Waals surface area contributed by atoms with Gasteiger partial charge in [-0.05, 0) is 35.0 Å². The Kier molecular flexibility index (Phi) is 3.49. The van der Waals surface area contributed by atoms with Crippen LogP contribution in [0.15, 0.2) is 40.1 Å². The molecule has 0 aliphatic heterocycles. The first-order valence-electron chi connectivity index (χ1n) is 5.26. The number of carboxylic acids is 1. The summed E-state index contributed by atoms with van der Waals surface area (Å²) in [5, 5.41) is 9.23. The van der Waals surface area contributed by atoms with Crippen LogP contribution < -0.4 is 0 Å². The molecule has 3 N–H and O–H groups in total. The number of rotatable bonds is 3. The largest absolute Gasteiger partial charge is 0.478 e. The van der Waals surface area contributed by atoms with Crippen LogP contribution in [0.5, 0.6) is 0 Å². The molecule has 0 heterocycles. The molecule has 0 aliphatic rings. The molecule has 0 radical (unpaired) electrons. The molecule has 0 spiro atoms. The summed E-state index contributed by atoms with van der Waals surface area (Å²) in [6, 6.07) is 4.99. The molecule has 0 aliphatic carbocycles. The minimum Gasteiger partial charge on any atom is -0.478 e. The average molecular weight is 332 g/mol. The topological polar surface area (TPSA) is 146 Å². The lowest BCUT2D eigenvalue weighted by Gasteiger charge is -2.07. The maximum absolute atomic E-state index is 11.2. The van der Waals surface area contributed by atoms with Gasteiger partial charge in [0.15, 0.2) is 0 Å². The van der Waals surface area contributed by atoms with E-state index in [0.29, 0.717) is 0 Å². The zero-order valence-electron chi connectivity index (χ0n) is 10.1. The number of benzene rings is 2. The van der Waals surface area contributed by atoms with Crippen molar-refractivity contribution in [2.24, 2.45) is 0 Å². The van der Waals surface area contributed by atoms with E-state index in [0.717, 1.165) is 24.3 Å². The molecule has 0 aromatic heterocycles.